The van der Waals surface area contributed by atoms with Crippen LogP contribution < -0.4 is 0 Å². The van der Waals surface area contributed by atoms with Crippen LogP contribution in [0.3, 0.4) is 0 Å². The van der Waals surface area contributed by atoms with Crippen molar-refractivity contribution in [3.63, 3.8) is 0 Å². The van der Waals surface area contributed by atoms with E-state index in [2.05, 4.69) is 0 Å². The second kappa shape index (κ2) is 4.73. The van der Waals surface area contributed by atoms with Crippen molar-refractivity contribution in [3.8, 4) is 6.07 Å². The van der Waals surface area contributed by atoms with Gasteiger partial charge in [0, 0.05) is 25.9 Å². The molecule has 1 fully saturated rings. The average Bonchev–Trinajstić information content (AvgIpc) is 2.38. The van der Waals surface area contributed by atoms with Gasteiger partial charge < -0.3 is 4.90 Å². The molecule has 0 atom stereocenters. The van der Waals surface area contributed by atoms with E-state index in [1.165, 1.54) is 4.90 Å². The Balaban J connectivity index is 2.16. The minimum Gasteiger partial charge on any atom is -0.338 e. The maximum atomic E-state index is 13.0. The van der Waals surface area contributed by atoms with Gasteiger partial charge in [-0.25, -0.2) is 8.78 Å². The largest absolute Gasteiger partial charge is 0.338 e. The summed E-state index contributed by atoms with van der Waals surface area (Å²) in [6.07, 6.45) is -0.624. The van der Waals surface area contributed by atoms with Gasteiger partial charge in [0.05, 0.1) is 17.2 Å². The fourth-order valence-corrected chi connectivity index (χ4v) is 1.97. The van der Waals surface area contributed by atoms with Crippen LogP contribution in [0.25, 0.3) is 0 Å². The predicted octanol–water partition coefficient (Wildman–Crippen LogP) is 2.43. The monoisotopic (exact) mass is 250 g/mol. The van der Waals surface area contributed by atoms with E-state index >= 15 is 0 Å². The Bertz CT molecular complexity index is 498. The number of nitriles is 1. The van der Waals surface area contributed by atoms with Crippen molar-refractivity contribution in [3.05, 3.63) is 35.4 Å². The predicted molar refractivity (Wildman–Crippen MR) is 61.2 cm³/mol. The van der Waals surface area contributed by atoms with Crippen molar-refractivity contribution in [2.75, 3.05) is 13.1 Å². The Morgan fingerprint density at radius 2 is 1.89 bits per heavy atom. The van der Waals surface area contributed by atoms with Crippen LogP contribution in [-0.4, -0.2) is 29.8 Å². The molecule has 0 radical (unpaired) electrons. The SMILES string of the molecule is N#Cc1ccccc1C(=O)N1CCC(F)(F)CC1. The molecule has 0 saturated carbocycles. The van der Waals surface area contributed by atoms with Gasteiger partial charge in [0.15, 0.2) is 0 Å². The standard InChI is InChI=1S/C13H12F2N2O/c14-13(15)5-7-17(8-6-13)12(18)11-4-2-1-3-10(11)9-16/h1-4H,5-8H2. The number of likely N-dealkylation sites (tertiary alicyclic amines) is 1. The highest BCUT2D eigenvalue weighted by atomic mass is 19.3. The number of rotatable bonds is 1. The van der Waals surface area contributed by atoms with E-state index in [0.29, 0.717) is 0 Å². The average molecular weight is 250 g/mol. The first kappa shape index (κ1) is 12.5. The molecule has 18 heavy (non-hydrogen) atoms. The van der Waals surface area contributed by atoms with Gasteiger partial charge in [-0.1, -0.05) is 12.1 Å². The van der Waals surface area contributed by atoms with E-state index in [-0.39, 0.29) is 43.0 Å². The molecule has 0 bridgehead atoms. The van der Waals surface area contributed by atoms with Crippen LogP contribution >= 0.6 is 0 Å². The van der Waals surface area contributed by atoms with Gasteiger partial charge >= 0.3 is 0 Å². The van der Waals surface area contributed by atoms with E-state index in [1.54, 1.807) is 24.3 Å². The van der Waals surface area contributed by atoms with Crippen molar-refractivity contribution in [2.24, 2.45) is 0 Å². The summed E-state index contributed by atoms with van der Waals surface area (Å²) in [6, 6.07) is 8.36. The zero-order valence-electron chi connectivity index (χ0n) is 9.70. The van der Waals surface area contributed by atoms with E-state index in [1.807, 2.05) is 6.07 Å². The first-order chi connectivity index (χ1) is 8.53. The molecule has 0 aromatic heterocycles. The summed E-state index contributed by atoms with van der Waals surface area (Å²) < 4.78 is 26.0. The van der Waals surface area contributed by atoms with Crippen molar-refractivity contribution in [2.45, 2.75) is 18.8 Å². The topological polar surface area (TPSA) is 44.1 Å². The molecule has 0 aliphatic carbocycles. The molecular formula is C13H12F2N2O. The molecule has 2 rings (SSSR count). The minimum atomic E-state index is -2.68. The maximum absolute atomic E-state index is 13.0. The van der Waals surface area contributed by atoms with Crippen molar-refractivity contribution < 1.29 is 13.6 Å². The first-order valence-corrected chi connectivity index (χ1v) is 5.70. The summed E-state index contributed by atoms with van der Waals surface area (Å²) in [7, 11) is 0. The number of hydrogen-bond acceptors (Lipinski definition) is 2. The van der Waals surface area contributed by atoms with E-state index in [9.17, 15) is 13.6 Å². The zero-order valence-corrected chi connectivity index (χ0v) is 9.70. The third-order valence-corrected chi connectivity index (χ3v) is 3.06. The van der Waals surface area contributed by atoms with Crippen LogP contribution in [0, 0.1) is 11.3 Å². The highest BCUT2D eigenvalue weighted by Crippen LogP contribution is 2.28. The highest BCUT2D eigenvalue weighted by Gasteiger charge is 2.36. The summed E-state index contributed by atoms with van der Waals surface area (Å²) in [5.74, 6) is -3.02. The number of halogens is 2. The van der Waals surface area contributed by atoms with Gasteiger partial charge in [0.2, 0.25) is 0 Å². The van der Waals surface area contributed by atoms with Gasteiger partial charge in [0.1, 0.15) is 0 Å². The summed E-state index contributed by atoms with van der Waals surface area (Å²) in [5, 5.41) is 8.91. The Hall–Kier alpha value is -1.96. The lowest BCUT2D eigenvalue weighted by atomic mass is 10.0. The lowest BCUT2D eigenvalue weighted by molar-refractivity contribution is -0.0494. The van der Waals surface area contributed by atoms with Crippen LogP contribution in [-0.2, 0) is 0 Å². The molecular weight excluding hydrogens is 238 g/mol. The minimum absolute atomic E-state index is 0.0333. The molecule has 1 aliphatic rings. The summed E-state index contributed by atoms with van der Waals surface area (Å²) in [4.78, 5) is 13.5. The molecule has 1 saturated heterocycles. The quantitative estimate of drug-likeness (QED) is 0.768. The van der Waals surface area contributed by atoms with Gasteiger partial charge in [-0.3, -0.25) is 4.79 Å². The fraction of sp³-hybridized carbons (Fsp3) is 0.385. The van der Waals surface area contributed by atoms with Crippen LogP contribution in [0.2, 0.25) is 0 Å². The van der Waals surface area contributed by atoms with E-state index in [4.69, 9.17) is 5.26 Å². The van der Waals surface area contributed by atoms with Gasteiger partial charge in [-0.05, 0) is 12.1 Å². The van der Waals surface area contributed by atoms with E-state index < -0.39 is 5.92 Å². The number of amides is 1. The maximum Gasteiger partial charge on any atom is 0.255 e. The summed E-state index contributed by atoms with van der Waals surface area (Å²) in [6.45, 7) is 0.0667. The van der Waals surface area contributed by atoms with Crippen LogP contribution in [0.1, 0.15) is 28.8 Å². The second-order valence-electron chi connectivity index (χ2n) is 4.31. The number of benzene rings is 1. The molecule has 5 heteroatoms. The molecule has 1 amide bonds. The third-order valence-electron chi connectivity index (χ3n) is 3.06. The summed E-state index contributed by atoms with van der Waals surface area (Å²) >= 11 is 0. The van der Waals surface area contributed by atoms with E-state index in [0.717, 1.165) is 0 Å². The van der Waals surface area contributed by atoms with Gasteiger partial charge in [-0.2, -0.15) is 5.26 Å². The summed E-state index contributed by atoms with van der Waals surface area (Å²) in [5.41, 5.74) is 0.560. The van der Waals surface area contributed by atoms with Gasteiger partial charge in [0.25, 0.3) is 11.8 Å². The second-order valence-corrected chi connectivity index (χ2v) is 4.31. The molecule has 0 spiro atoms. The first-order valence-electron chi connectivity index (χ1n) is 5.70. The molecule has 0 unspecified atom stereocenters. The Labute approximate surface area is 104 Å². The molecule has 1 aromatic rings. The smallest absolute Gasteiger partial charge is 0.255 e. The Kier molecular flexibility index (Phi) is 3.28. The number of carbonyl (C=O) groups is 1. The van der Waals surface area contributed by atoms with Crippen LogP contribution in [0.15, 0.2) is 24.3 Å². The fourth-order valence-electron chi connectivity index (χ4n) is 1.97. The molecule has 1 aliphatic heterocycles. The lowest BCUT2D eigenvalue weighted by Crippen LogP contribution is -2.42. The number of piperidine rings is 1. The highest BCUT2D eigenvalue weighted by molar-refractivity contribution is 5.96. The number of carbonyl (C=O) groups excluding carboxylic acids is 1. The van der Waals surface area contributed by atoms with Crippen molar-refractivity contribution in [1.82, 2.24) is 4.90 Å². The zero-order chi connectivity index (χ0) is 13.2. The number of hydrogen-bond donors (Lipinski definition) is 0. The lowest BCUT2D eigenvalue weighted by Gasteiger charge is -2.31. The number of alkyl halides is 2. The molecule has 94 valence electrons. The van der Waals surface area contributed by atoms with Crippen LogP contribution in [0.5, 0.6) is 0 Å². The molecule has 1 heterocycles. The van der Waals surface area contributed by atoms with Crippen molar-refractivity contribution in [1.29, 1.82) is 5.26 Å². The molecule has 3 nitrogen and oxygen atoms in total. The number of nitrogens with zero attached hydrogens (tertiary/aromatic N) is 2. The van der Waals surface area contributed by atoms with Crippen molar-refractivity contribution >= 4 is 5.91 Å². The Morgan fingerprint density at radius 3 is 2.50 bits per heavy atom. The molecule has 1 aromatic carbocycles. The third kappa shape index (κ3) is 2.48. The molecule has 0 N–H and O–H groups in total. The van der Waals surface area contributed by atoms with Gasteiger partial charge in [-0.15, -0.1) is 0 Å². The normalized spacial score (nSPS) is 18.2. The van der Waals surface area contributed by atoms with Crippen LogP contribution in [0.4, 0.5) is 8.78 Å². The Morgan fingerprint density at radius 1 is 1.28 bits per heavy atom.